The molecule has 2 heterocycles. The zero-order valence-electron chi connectivity index (χ0n) is 17.0. The first-order chi connectivity index (χ1) is 13.9. The molecule has 2 aliphatic heterocycles. The Labute approximate surface area is 170 Å². The van der Waals surface area contributed by atoms with Gasteiger partial charge in [-0.15, -0.1) is 0 Å². The van der Waals surface area contributed by atoms with Gasteiger partial charge in [-0.2, -0.15) is 0 Å². The topological polar surface area (TPSA) is 43.9 Å². The van der Waals surface area contributed by atoms with Gasteiger partial charge in [0.15, 0.2) is 0 Å². The second-order valence-electron chi connectivity index (χ2n) is 8.27. The van der Waals surface area contributed by atoms with Crippen LogP contribution >= 0.6 is 0 Å². The van der Waals surface area contributed by atoms with Crippen molar-refractivity contribution in [3.63, 3.8) is 0 Å². The van der Waals surface area contributed by atoms with Gasteiger partial charge in [0.25, 0.3) is 5.91 Å². The molecule has 29 heavy (non-hydrogen) atoms. The summed E-state index contributed by atoms with van der Waals surface area (Å²) in [5, 5.41) is 0. The summed E-state index contributed by atoms with van der Waals surface area (Å²) in [6, 6.07) is 13.8. The average Bonchev–Trinajstić information content (AvgIpc) is 3.26. The fourth-order valence-electron chi connectivity index (χ4n) is 4.76. The van der Waals surface area contributed by atoms with Gasteiger partial charge >= 0.3 is 6.03 Å². The molecule has 2 fully saturated rings. The van der Waals surface area contributed by atoms with Crippen molar-refractivity contribution in [2.45, 2.75) is 13.0 Å². The highest BCUT2D eigenvalue weighted by atomic mass is 19.1. The van der Waals surface area contributed by atoms with E-state index in [1.807, 2.05) is 21.9 Å². The zero-order valence-corrected chi connectivity index (χ0v) is 17.0. The highest BCUT2D eigenvalue weighted by Gasteiger charge is 2.50. The van der Waals surface area contributed by atoms with E-state index in [9.17, 15) is 14.0 Å². The fraction of sp³-hybridized carbons (Fsp3) is 0.391. The Morgan fingerprint density at radius 2 is 1.69 bits per heavy atom. The van der Waals surface area contributed by atoms with Gasteiger partial charge in [-0.3, -0.25) is 4.79 Å². The van der Waals surface area contributed by atoms with E-state index in [-0.39, 0.29) is 35.6 Å². The number of fused-ring (bicyclic) bond motifs is 1. The van der Waals surface area contributed by atoms with Gasteiger partial charge in [-0.1, -0.05) is 24.3 Å². The van der Waals surface area contributed by atoms with Gasteiger partial charge in [0, 0.05) is 51.1 Å². The summed E-state index contributed by atoms with van der Waals surface area (Å²) in [4.78, 5) is 31.2. The number of rotatable bonds is 2. The fourth-order valence-corrected chi connectivity index (χ4v) is 4.76. The van der Waals surface area contributed by atoms with Crippen LogP contribution in [0.25, 0.3) is 0 Å². The molecule has 3 atom stereocenters. The summed E-state index contributed by atoms with van der Waals surface area (Å²) in [7, 11) is 3.55. The van der Waals surface area contributed by atoms with Crippen molar-refractivity contribution in [2.24, 2.45) is 11.8 Å². The predicted octanol–water partition coefficient (Wildman–Crippen LogP) is 3.56. The third-order valence-corrected chi connectivity index (χ3v) is 6.18. The second kappa shape index (κ2) is 7.50. The Kier molecular flexibility index (Phi) is 5.03. The number of likely N-dealkylation sites (tertiary alicyclic amines) is 2. The number of hydrogen-bond acceptors (Lipinski definition) is 2. The minimum absolute atomic E-state index is 0.00376. The molecule has 4 rings (SSSR count). The van der Waals surface area contributed by atoms with E-state index in [1.54, 1.807) is 19.0 Å². The highest BCUT2D eigenvalue weighted by Crippen LogP contribution is 2.46. The smallest absolute Gasteiger partial charge is 0.320 e. The normalized spacial score (nSPS) is 23.2. The molecule has 0 unspecified atom stereocenters. The Morgan fingerprint density at radius 1 is 1.00 bits per heavy atom. The lowest BCUT2D eigenvalue weighted by molar-refractivity contribution is 0.0766. The molecular formula is C23H26FN3O2. The summed E-state index contributed by atoms with van der Waals surface area (Å²) in [5.74, 6) is -0.0111. The minimum atomic E-state index is -0.350. The van der Waals surface area contributed by atoms with Crippen LogP contribution in [0.2, 0.25) is 0 Å². The van der Waals surface area contributed by atoms with Crippen LogP contribution in [0.15, 0.2) is 48.5 Å². The van der Waals surface area contributed by atoms with Crippen LogP contribution in [0.1, 0.15) is 27.5 Å². The maximum absolute atomic E-state index is 13.2. The molecule has 0 N–H and O–H groups in total. The molecule has 0 bridgehead atoms. The third-order valence-electron chi connectivity index (χ3n) is 6.18. The lowest BCUT2D eigenvalue weighted by Gasteiger charge is -2.32. The van der Waals surface area contributed by atoms with E-state index in [1.165, 1.54) is 24.3 Å². The van der Waals surface area contributed by atoms with E-state index in [4.69, 9.17) is 0 Å². The molecule has 6 heteroatoms. The summed E-state index contributed by atoms with van der Waals surface area (Å²) < 4.78 is 13.2. The van der Waals surface area contributed by atoms with E-state index in [2.05, 4.69) is 19.1 Å². The number of aryl methyl sites for hydroxylation is 1. The van der Waals surface area contributed by atoms with E-state index in [0.29, 0.717) is 25.2 Å². The second-order valence-corrected chi connectivity index (χ2v) is 8.27. The molecule has 152 valence electrons. The van der Waals surface area contributed by atoms with E-state index < -0.39 is 0 Å². The van der Waals surface area contributed by atoms with Gasteiger partial charge in [-0.05, 0) is 42.3 Å². The molecular weight excluding hydrogens is 369 g/mol. The van der Waals surface area contributed by atoms with Crippen LogP contribution < -0.4 is 0 Å². The summed E-state index contributed by atoms with van der Waals surface area (Å²) in [6.45, 7) is 3.91. The molecule has 0 saturated carbocycles. The van der Waals surface area contributed by atoms with Crippen LogP contribution in [0.5, 0.6) is 0 Å². The van der Waals surface area contributed by atoms with Gasteiger partial charge < -0.3 is 14.7 Å². The summed E-state index contributed by atoms with van der Waals surface area (Å²) in [5.41, 5.74) is 2.80. The average molecular weight is 395 g/mol. The molecule has 2 saturated heterocycles. The molecule has 0 aromatic heterocycles. The van der Waals surface area contributed by atoms with Crippen molar-refractivity contribution in [3.05, 3.63) is 71.0 Å². The van der Waals surface area contributed by atoms with Gasteiger partial charge in [0.05, 0.1) is 6.04 Å². The molecule has 2 aromatic rings. The van der Waals surface area contributed by atoms with Crippen molar-refractivity contribution >= 4 is 11.9 Å². The Morgan fingerprint density at radius 3 is 2.34 bits per heavy atom. The molecule has 2 aromatic carbocycles. The highest BCUT2D eigenvalue weighted by molar-refractivity contribution is 5.94. The van der Waals surface area contributed by atoms with Crippen molar-refractivity contribution in [2.75, 3.05) is 33.7 Å². The molecule has 3 amide bonds. The standard InChI is InChI=1S/C23H26FN3O2/c1-15-6-4-5-7-19(15)21-20-14-26(22(28)16-8-10-18(24)11-9-16)12-17(20)13-27(21)23(29)25(2)3/h4-11,17,20-21H,12-14H2,1-3H3/t17-,20-,21+/m1/s1. The molecule has 0 spiro atoms. The zero-order chi connectivity index (χ0) is 20.7. The van der Waals surface area contributed by atoms with Crippen molar-refractivity contribution < 1.29 is 14.0 Å². The van der Waals surface area contributed by atoms with Crippen LogP contribution in [0.3, 0.4) is 0 Å². The Hall–Kier alpha value is -2.89. The maximum atomic E-state index is 13.2. The number of carbonyl (C=O) groups excluding carboxylic acids is 2. The van der Waals surface area contributed by atoms with Crippen LogP contribution in [0, 0.1) is 24.6 Å². The van der Waals surface area contributed by atoms with Crippen LogP contribution in [0.4, 0.5) is 9.18 Å². The van der Waals surface area contributed by atoms with Gasteiger partial charge in [-0.25, -0.2) is 9.18 Å². The van der Waals surface area contributed by atoms with Crippen molar-refractivity contribution in [3.8, 4) is 0 Å². The number of amides is 3. The number of urea groups is 1. The quantitative estimate of drug-likeness (QED) is 0.780. The number of hydrogen-bond donors (Lipinski definition) is 0. The number of benzene rings is 2. The first-order valence-corrected chi connectivity index (χ1v) is 9.95. The largest absolute Gasteiger partial charge is 0.338 e. The van der Waals surface area contributed by atoms with Crippen LogP contribution in [-0.4, -0.2) is 60.4 Å². The number of nitrogens with zero attached hydrogens (tertiary/aromatic N) is 3. The molecule has 2 aliphatic rings. The molecule has 5 nitrogen and oxygen atoms in total. The Bertz CT molecular complexity index is 928. The van der Waals surface area contributed by atoms with Gasteiger partial charge in [0.2, 0.25) is 0 Å². The minimum Gasteiger partial charge on any atom is -0.338 e. The van der Waals surface area contributed by atoms with Crippen molar-refractivity contribution in [1.82, 2.24) is 14.7 Å². The predicted molar refractivity (Wildman–Crippen MR) is 109 cm³/mol. The van der Waals surface area contributed by atoms with Crippen molar-refractivity contribution in [1.29, 1.82) is 0 Å². The Balaban J connectivity index is 1.62. The lowest BCUT2D eigenvalue weighted by Crippen LogP contribution is -2.42. The van der Waals surface area contributed by atoms with E-state index in [0.717, 1.165) is 11.1 Å². The first-order valence-electron chi connectivity index (χ1n) is 9.95. The molecule has 0 radical (unpaired) electrons. The van der Waals surface area contributed by atoms with Crippen LogP contribution in [-0.2, 0) is 0 Å². The lowest BCUT2D eigenvalue weighted by atomic mass is 9.88. The summed E-state index contributed by atoms with van der Waals surface area (Å²) in [6.07, 6.45) is 0. The third kappa shape index (κ3) is 3.48. The first kappa shape index (κ1) is 19.4. The van der Waals surface area contributed by atoms with Gasteiger partial charge in [0.1, 0.15) is 5.82 Å². The maximum Gasteiger partial charge on any atom is 0.320 e. The van der Waals surface area contributed by atoms with E-state index >= 15 is 0 Å². The summed E-state index contributed by atoms with van der Waals surface area (Å²) >= 11 is 0. The molecule has 0 aliphatic carbocycles. The monoisotopic (exact) mass is 395 g/mol. The SMILES string of the molecule is Cc1ccccc1[C@H]1[C@@H]2CN(C(=O)c3ccc(F)cc3)C[C@@H]2CN1C(=O)N(C)C. The number of carbonyl (C=O) groups is 2. The number of halogens is 1.